The van der Waals surface area contributed by atoms with Gasteiger partial charge in [0.1, 0.15) is 23.9 Å². The Bertz CT molecular complexity index is 707. The van der Waals surface area contributed by atoms with Crippen LogP contribution in [0.15, 0.2) is 78.9 Å². The van der Waals surface area contributed by atoms with Gasteiger partial charge >= 0.3 is 0 Å². The lowest BCUT2D eigenvalue weighted by molar-refractivity contribution is 0.305. The van der Waals surface area contributed by atoms with E-state index in [9.17, 15) is 0 Å². The molecule has 3 heteroatoms. The lowest BCUT2D eigenvalue weighted by Crippen LogP contribution is -1.95. The van der Waals surface area contributed by atoms with Gasteiger partial charge in [0.25, 0.3) is 0 Å². The van der Waals surface area contributed by atoms with Crippen LogP contribution in [-0.4, -0.2) is 0 Å². The maximum absolute atomic E-state index is 5.78. The fraction of sp³-hybridized carbons (Fsp3) is 0.0526. The smallest absolute Gasteiger partial charge is 0.127 e. The molecule has 0 heterocycles. The first-order valence-electron chi connectivity index (χ1n) is 7.00. The Morgan fingerprint density at radius 1 is 0.636 bits per heavy atom. The summed E-state index contributed by atoms with van der Waals surface area (Å²) in [4.78, 5) is 0. The maximum atomic E-state index is 5.78. The first kappa shape index (κ1) is 14.9. The van der Waals surface area contributed by atoms with E-state index >= 15 is 0 Å². The van der Waals surface area contributed by atoms with Crippen molar-refractivity contribution in [2.75, 3.05) is 0 Å². The molecule has 0 spiro atoms. The number of ether oxygens (including phenoxy) is 2. The van der Waals surface area contributed by atoms with Crippen LogP contribution in [0.2, 0.25) is 0 Å². The maximum Gasteiger partial charge on any atom is 0.127 e. The second-order valence-electron chi connectivity index (χ2n) is 4.80. The van der Waals surface area contributed by atoms with Crippen LogP contribution >= 0.6 is 22.6 Å². The molecule has 110 valence electrons. The summed E-state index contributed by atoms with van der Waals surface area (Å²) in [6, 6.07) is 25.7. The highest BCUT2D eigenvalue weighted by Crippen LogP contribution is 2.24. The zero-order valence-corrected chi connectivity index (χ0v) is 14.1. The Morgan fingerprint density at radius 2 is 1.23 bits per heavy atom. The van der Waals surface area contributed by atoms with Crippen molar-refractivity contribution in [2.24, 2.45) is 0 Å². The van der Waals surface area contributed by atoms with Gasteiger partial charge in [-0.1, -0.05) is 30.3 Å². The Morgan fingerprint density at radius 3 is 1.91 bits per heavy atom. The van der Waals surface area contributed by atoms with E-state index in [1.54, 1.807) is 0 Å². The first-order valence-corrected chi connectivity index (χ1v) is 8.08. The third kappa shape index (κ3) is 4.24. The number of halogens is 1. The third-order valence-corrected chi connectivity index (χ3v) is 3.84. The largest absolute Gasteiger partial charge is 0.489 e. The van der Waals surface area contributed by atoms with Gasteiger partial charge in [-0.05, 0) is 76.7 Å². The summed E-state index contributed by atoms with van der Waals surface area (Å²) in [5, 5.41) is 0. The second-order valence-corrected chi connectivity index (χ2v) is 6.05. The van der Waals surface area contributed by atoms with Crippen LogP contribution in [0.3, 0.4) is 0 Å². The molecule has 3 aromatic rings. The molecule has 0 unspecified atom stereocenters. The summed E-state index contributed by atoms with van der Waals surface area (Å²) < 4.78 is 12.8. The highest BCUT2D eigenvalue weighted by Gasteiger charge is 1.99. The van der Waals surface area contributed by atoms with Crippen LogP contribution in [0.25, 0.3) is 0 Å². The third-order valence-electron chi connectivity index (χ3n) is 3.12. The Labute approximate surface area is 143 Å². The molecule has 0 radical (unpaired) electrons. The van der Waals surface area contributed by atoms with E-state index in [0.717, 1.165) is 22.8 Å². The van der Waals surface area contributed by atoms with Crippen molar-refractivity contribution in [1.82, 2.24) is 0 Å². The van der Waals surface area contributed by atoms with Crippen molar-refractivity contribution in [1.29, 1.82) is 0 Å². The van der Waals surface area contributed by atoms with Gasteiger partial charge in [0, 0.05) is 3.57 Å². The van der Waals surface area contributed by atoms with Crippen LogP contribution in [0.1, 0.15) is 5.56 Å². The lowest BCUT2D eigenvalue weighted by Gasteiger charge is -2.08. The summed E-state index contributed by atoms with van der Waals surface area (Å²) >= 11 is 2.29. The minimum atomic E-state index is 0.565. The highest BCUT2D eigenvalue weighted by atomic mass is 127. The molecule has 0 fully saturated rings. The zero-order valence-electron chi connectivity index (χ0n) is 11.9. The number of rotatable bonds is 5. The van der Waals surface area contributed by atoms with Crippen molar-refractivity contribution >= 4 is 22.6 Å². The summed E-state index contributed by atoms with van der Waals surface area (Å²) in [5.74, 6) is 2.46. The van der Waals surface area contributed by atoms with Crippen molar-refractivity contribution in [3.8, 4) is 17.2 Å². The van der Waals surface area contributed by atoms with Crippen LogP contribution in [0, 0.1) is 3.57 Å². The molecule has 0 aliphatic heterocycles. The highest BCUT2D eigenvalue weighted by molar-refractivity contribution is 14.1. The molecule has 2 nitrogen and oxygen atoms in total. The predicted octanol–water partition coefficient (Wildman–Crippen LogP) is 5.66. The fourth-order valence-corrected chi connectivity index (χ4v) is 2.34. The van der Waals surface area contributed by atoms with Crippen LogP contribution in [0.5, 0.6) is 17.2 Å². The molecule has 0 atom stereocenters. The van der Waals surface area contributed by atoms with E-state index in [-0.39, 0.29) is 0 Å². The molecule has 0 aliphatic carbocycles. The van der Waals surface area contributed by atoms with E-state index in [4.69, 9.17) is 9.47 Å². The number of benzene rings is 3. The standard InChI is InChI=1S/C19H15IO2/c20-16-8-6-15(7-9-16)14-21-17-10-12-19(13-11-17)22-18-4-2-1-3-5-18/h1-13H,14H2. The lowest BCUT2D eigenvalue weighted by atomic mass is 10.2. The van der Waals surface area contributed by atoms with Crippen LogP contribution in [-0.2, 0) is 6.61 Å². The van der Waals surface area contributed by atoms with Crippen molar-refractivity contribution in [3.63, 3.8) is 0 Å². The predicted molar refractivity (Wildman–Crippen MR) is 96.4 cm³/mol. The van der Waals surface area contributed by atoms with E-state index in [0.29, 0.717) is 6.61 Å². The number of para-hydroxylation sites is 1. The van der Waals surface area contributed by atoms with Gasteiger partial charge in [0.05, 0.1) is 0 Å². The molecule has 0 aliphatic rings. The monoisotopic (exact) mass is 402 g/mol. The molecule has 3 aromatic carbocycles. The molecule has 0 N–H and O–H groups in total. The zero-order chi connectivity index (χ0) is 15.2. The van der Waals surface area contributed by atoms with Gasteiger partial charge in [-0.25, -0.2) is 0 Å². The Balaban J connectivity index is 1.58. The van der Waals surface area contributed by atoms with Gasteiger partial charge in [-0.2, -0.15) is 0 Å². The van der Waals surface area contributed by atoms with E-state index in [1.165, 1.54) is 3.57 Å². The molecule has 0 amide bonds. The average Bonchev–Trinajstić information content (AvgIpc) is 2.57. The summed E-state index contributed by atoms with van der Waals surface area (Å²) in [6.07, 6.45) is 0. The molecule has 22 heavy (non-hydrogen) atoms. The topological polar surface area (TPSA) is 18.5 Å². The van der Waals surface area contributed by atoms with Gasteiger partial charge in [0.2, 0.25) is 0 Å². The molecular weight excluding hydrogens is 387 g/mol. The van der Waals surface area contributed by atoms with Gasteiger partial charge < -0.3 is 9.47 Å². The van der Waals surface area contributed by atoms with Crippen molar-refractivity contribution in [2.45, 2.75) is 6.61 Å². The molecule has 0 saturated heterocycles. The van der Waals surface area contributed by atoms with Crippen molar-refractivity contribution in [3.05, 3.63) is 88.0 Å². The van der Waals surface area contributed by atoms with Gasteiger partial charge in [-0.15, -0.1) is 0 Å². The molecule has 0 bridgehead atoms. The van der Waals surface area contributed by atoms with E-state index < -0.39 is 0 Å². The second kappa shape index (κ2) is 7.31. The van der Waals surface area contributed by atoms with E-state index in [2.05, 4.69) is 46.9 Å². The first-order chi connectivity index (χ1) is 10.8. The number of hydrogen-bond acceptors (Lipinski definition) is 2. The summed E-state index contributed by atoms with van der Waals surface area (Å²) in [7, 11) is 0. The minimum absolute atomic E-state index is 0.565. The molecular formula is C19H15IO2. The Hall–Kier alpha value is -2.01. The minimum Gasteiger partial charge on any atom is -0.489 e. The molecule has 3 rings (SSSR count). The number of hydrogen-bond donors (Lipinski definition) is 0. The van der Waals surface area contributed by atoms with Gasteiger partial charge in [0.15, 0.2) is 0 Å². The normalized spacial score (nSPS) is 10.2. The van der Waals surface area contributed by atoms with Crippen LogP contribution in [0.4, 0.5) is 0 Å². The average molecular weight is 402 g/mol. The summed E-state index contributed by atoms with van der Waals surface area (Å²) in [5.41, 5.74) is 1.16. The van der Waals surface area contributed by atoms with Gasteiger partial charge in [-0.3, -0.25) is 0 Å². The Kier molecular flexibility index (Phi) is 4.96. The SMILES string of the molecule is Ic1ccc(COc2ccc(Oc3ccccc3)cc2)cc1. The quantitative estimate of drug-likeness (QED) is 0.513. The molecule has 0 saturated carbocycles. The van der Waals surface area contributed by atoms with Crippen LogP contribution < -0.4 is 9.47 Å². The fourth-order valence-electron chi connectivity index (χ4n) is 1.98. The van der Waals surface area contributed by atoms with E-state index in [1.807, 2.05) is 54.6 Å². The molecule has 0 aromatic heterocycles. The summed E-state index contributed by atoms with van der Waals surface area (Å²) in [6.45, 7) is 0.565. The van der Waals surface area contributed by atoms with Crippen molar-refractivity contribution < 1.29 is 9.47 Å².